The highest BCUT2D eigenvalue weighted by Gasteiger charge is 2.60. The molecule has 0 aromatic carbocycles. The van der Waals surface area contributed by atoms with Crippen molar-refractivity contribution >= 4 is 0 Å². The van der Waals surface area contributed by atoms with Crippen LogP contribution in [0.5, 0.6) is 0 Å². The van der Waals surface area contributed by atoms with E-state index in [2.05, 4.69) is 34.6 Å². The monoisotopic (exact) mass is 388 g/mol. The first-order valence-electron chi connectivity index (χ1n) is 12.9. The van der Waals surface area contributed by atoms with E-state index in [1.807, 2.05) is 0 Å². The van der Waals surface area contributed by atoms with Crippen LogP contribution in [0.4, 0.5) is 0 Å². The van der Waals surface area contributed by atoms with Crippen LogP contribution in [0.3, 0.4) is 0 Å². The van der Waals surface area contributed by atoms with Crippen molar-refractivity contribution in [3.8, 4) is 0 Å². The first-order valence-corrected chi connectivity index (χ1v) is 12.9. The molecular weight excluding hydrogens is 340 g/mol. The third-order valence-electron chi connectivity index (χ3n) is 11.1. The van der Waals surface area contributed by atoms with Crippen LogP contribution in [-0.2, 0) is 0 Å². The second-order valence-corrected chi connectivity index (χ2v) is 12.6. The Balaban J connectivity index is 1.45. The van der Waals surface area contributed by atoms with Crippen LogP contribution in [0.1, 0.15) is 118 Å². The van der Waals surface area contributed by atoms with E-state index in [0.29, 0.717) is 10.8 Å². The molecule has 1 nitrogen and oxygen atoms in total. The van der Waals surface area contributed by atoms with Crippen LogP contribution >= 0.6 is 0 Å². The summed E-state index contributed by atoms with van der Waals surface area (Å²) in [6.45, 7) is 12.2. The molecule has 4 fully saturated rings. The molecule has 9 atom stereocenters. The fraction of sp³-hybridized carbons (Fsp3) is 1.00. The van der Waals surface area contributed by atoms with E-state index in [-0.39, 0.29) is 0 Å². The van der Waals surface area contributed by atoms with Gasteiger partial charge in [-0.1, -0.05) is 47.0 Å². The van der Waals surface area contributed by atoms with Crippen LogP contribution in [0.25, 0.3) is 0 Å². The van der Waals surface area contributed by atoms with Gasteiger partial charge >= 0.3 is 0 Å². The molecule has 0 aromatic rings. The van der Waals surface area contributed by atoms with Gasteiger partial charge in [-0.15, -0.1) is 0 Å². The van der Waals surface area contributed by atoms with Gasteiger partial charge in [-0.2, -0.15) is 0 Å². The molecule has 4 aliphatic rings. The Hall–Kier alpha value is -0.0400. The zero-order chi connectivity index (χ0) is 20.2. The molecule has 4 saturated carbocycles. The Morgan fingerprint density at radius 3 is 2.39 bits per heavy atom. The van der Waals surface area contributed by atoms with Gasteiger partial charge in [0.2, 0.25) is 0 Å². The molecular formula is C27H48O. The molecule has 4 aliphatic carbocycles. The predicted molar refractivity (Wildman–Crippen MR) is 119 cm³/mol. The molecule has 0 spiro atoms. The standard InChI is InChI=1S/C27H48O/c1-6-19(2)8-7-9-20-11-13-23-22-12-10-21-18-25(3,28)16-17-27(21,5)24(22)14-15-26(20,23)4/h19-24,28H,6-18H2,1-5H3/t19-,20-,21?,22-,23?,24?,25-,26+,27-/m0/s1. The molecule has 4 rings (SSSR count). The molecule has 28 heavy (non-hydrogen) atoms. The second kappa shape index (κ2) is 7.58. The van der Waals surface area contributed by atoms with E-state index in [4.69, 9.17) is 0 Å². The lowest BCUT2D eigenvalue weighted by atomic mass is 9.44. The van der Waals surface area contributed by atoms with Crippen molar-refractivity contribution < 1.29 is 5.11 Å². The minimum absolute atomic E-state index is 0.395. The lowest BCUT2D eigenvalue weighted by molar-refractivity contribution is -0.146. The van der Waals surface area contributed by atoms with E-state index in [9.17, 15) is 5.11 Å². The van der Waals surface area contributed by atoms with Gasteiger partial charge in [0, 0.05) is 0 Å². The van der Waals surface area contributed by atoms with E-state index >= 15 is 0 Å². The van der Waals surface area contributed by atoms with Crippen molar-refractivity contribution in [2.75, 3.05) is 0 Å². The van der Waals surface area contributed by atoms with Crippen molar-refractivity contribution in [2.45, 2.75) is 124 Å². The molecule has 0 aromatic heterocycles. The van der Waals surface area contributed by atoms with Crippen molar-refractivity contribution in [3.63, 3.8) is 0 Å². The van der Waals surface area contributed by atoms with Gasteiger partial charge in [-0.25, -0.2) is 0 Å². The quantitative estimate of drug-likeness (QED) is 0.513. The van der Waals surface area contributed by atoms with Crippen LogP contribution < -0.4 is 0 Å². The van der Waals surface area contributed by atoms with E-state index in [1.54, 1.807) is 0 Å². The smallest absolute Gasteiger partial charge is 0.0622 e. The van der Waals surface area contributed by atoms with E-state index in [1.165, 1.54) is 70.6 Å². The molecule has 0 bridgehead atoms. The zero-order valence-corrected chi connectivity index (χ0v) is 19.6. The lowest BCUT2D eigenvalue weighted by Gasteiger charge is -2.62. The number of fused-ring (bicyclic) bond motifs is 5. The van der Waals surface area contributed by atoms with Crippen LogP contribution in [-0.4, -0.2) is 10.7 Å². The summed E-state index contributed by atoms with van der Waals surface area (Å²) in [7, 11) is 0. The Morgan fingerprint density at radius 2 is 1.64 bits per heavy atom. The largest absolute Gasteiger partial charge is 0.390 e. The summed E-state index contributed by atoms with van der Waals surface area (Å²) in [6, 6.07) is 0. The van der Waals surface area contributed by atoms with Gasteiger partial charge in [0.1, 0.15) is 0 Å². The second-order valence-electron chi connectivity index (χ2n) is 12.6. The van der Waals surface area contributed by atoms with Crippen LogP contribution in [0.15, 0.2) is 0 Å². The highest BCUT2D eigenvalue weighted by Crippen LogP contribution is 2.68. The van der Waals surface area contributed by atoms with Crippen molar-refractivity contribution in [3.05, 3.63) is 0 Å². The number of hydrogen-bond acceptors (Lipinski definition) is 1. The Labute approximate surface area is 175 Å². The van der Waals surface area contributed by atoms with Gasteiger partial charge in [0.15, 0.2) is 0 Å². The van der Waals surface area contributed by atoms with Crippen molar-refractivity contribution in [2.24, 2.45) is 46.3 Å². The first kappa shape index (κ1) is 21.2. The molecule has 1 N–H and O–H groups in total. The van der Waals surface area contributed by atoms with E-state index in [0.717, 1.165) is 48.3 Å². The molecule has 0 aliphatic heterocycles. The average Bonchev–Trinajstić information content (AvgIpc) is 2.98. The summed E-state index contributed by atoms with van der Waals surface area (Å²) in [5, 5.41) is 10.7. The molecule has 0 heterocycles. The minimum Gasteiger partial charge on any atom is -0.390 e. The van der Waals surface area contributed by atoms with Crippen LogP contribution in [0.2, 0.25) is 0 Å². The summed E-state index contributed by atoms with van der Waals surface area (Å²) >= 11 is 0. The average molecular weight is 389 g/mol. The molecule has 1 heteroatoms. The third kappa shape index (κ3) is 3.50. The Morgan fingerprint density at radius 1 is 0.893 bits per heavy atom. The normalized spacial score (nSPS) is 51.9. The number of aliphatic hydroxyl groups is 1. The summed E-state index contributed by atoms with van der Waals surface area (Å²) in [4.78, 5) is 0. The molecule has 0 amide bonds. The predicted octanol–water partition coefficient (Wildman–Crippen LogP) is 7.61. The van der Waals surface area contributed by atoms with Gasteiger partial charge in [-0.05, 0) is 117 Å². The number of rotatable bonds is 5. The molecule has 3 unspecified atom stereocenters. The third-order valence-corrected chi connectivity index (χ3v) is 11.1. The summed E-state index contributed by atoms with van der Waals surface area (Å²) in [6.07, 6.45) is 18.0. The fourth-order valence-electron chi connectivity index (χ4n) is 8.93. The van der Waals surface area contributed by atoms with Gasteiger partial charge in [0.05, 0.1) is 5.60 Å². The highest BCUT2D eigenvalue weighted by molar-refractivity contribution is 5.10. The molecule has 0 saturated heterocycles. The maximum Gasteiger partial charge on any atom is 0.0622 e. The highest BCUT2D eigenvalue weighted by atomic mass is 16.3. The SMILES string of the molecule is CC[C@H](C)CCC[C@H]1CCC2[C@@H]3CCC4C[C@@](C)(O)CC[C@]4(C)C3CC[C@@]21C. The maximum absolute atomic E-state index is 10.7. The Bertz CT molecular complexity index is 552. The zero-order valence-electron chi connectivity index (χ0n) is 19.6. The fourth-order valence-corrected chi connectivity index (χ4v) is 8.93. The van der Waals surface area contributed by atoms with Crippen molar-refractivity contribution in [1.29, 1.82) is 0 Å². The summed E-state index contributed by atoms with van der Waals surface area (Å²) in [5.74, 6) is 5.62. The van der Waals surface area contributed by atoms with Crippen molar-refractivity contribution in [1.82, 2.24) is 0 Å². The van der Waals surface area contributed by atoms with Gasteiger partial charge < -0.3 is 5.11 Å². The summed E-state index contributed by atoms with van der Waals surface area (Å²) < 4.78 is 0. The van der Waals surface area contributed by atoms with E-state index < -0.39 is 5.60 Å². The Kier molecular flexibility index (Phi) is 5.74. The lowest BCUT2D eigenvalue weighted by Crippen LogP contribution is -2.55. The van der Waals surface area contributed by atoms with Gasteiger partial charge in [0.25, 0.3) is 0 Å². The first-order chi connectivity index (χ1) is 13.2. The minimum atomic E-state index is -0.395. The summed E-state index contributed by atoms with van der Waals surface area (Å²) in [5.41, 5.74) is 0.759. The maximum atomic E-state index is 10.7. The van der Waals surface area contributed by atoms with Gasteiger partial charge in [-0.3, -0.25) is 0 Å². The number of hydrogen-bond donors (Lipinski definition) is 1. The topological polar surface area (TPSA) is 20.2 Å². The van der Waals surface area contributed by atoms with Crippen LogP contribution in [0, 0.1) is 46.3 Å². The molecule has 162 valence electrons. The molecule has 0 radical (unpaired) electrons.